The number of nitrogens with zero attached hydrogens (tertiary/aromatic N) is 1. The first-order valence-electron chi connectivity index (χ1n) is 5.30. The second kappa shape index (κ2) is 6.36. The van der Waals surface area contributed by atoms with E-state index in [0.29, 0.717) is 4.47 Å². The zero-order chi connectivity index (χ0) is 14.6. The number of halogens is 1. The minimum atomic E-state index is -3.78. The fourth-order valence-electron chi connectivity index (χ4n) is 1.39. The third-order valence-corrected chi connectivity index (χ3v) is 4.83. The van der Waals surface area contributed by atoms with Crippen molar-refractivity contribution in [2.24, 2.45) is 0 Å². The number of methoxy groups -OCH3 is 1. The number of carboxylic acids is 1. The van der Waals surface area contributed by atoms with Gasteiger partial charge in [-0.05, 0) is 18.2 Å². The third-order valence-electron chi connectivity index (χ3n) is 2.45. The maximum Gasteiger partial charge on any atom is 0.304 e. The van der Waals surface area contributed by atoms with Gasteiger partial charge < -0.3 is 9.84 Å². The third kappa shape index (κ3) is 3.92. The number of ether oxygens (including phenoxy) is 1. The van der Waals surface area contributed by atoms with Gasteiger partial charge >= 0.3 is 5.97 Å². The lowest BCUT2D eigenvalue weighted by Gasteiger charge is -2.18. The summed E-state index contributed by atoms with van der Waals surface area (Å²) in [6, 6.07) is 4.61. The molecule has 0 fully saturated rings. The van der Waals surface area contributed by atoms with Crippen LogP contribution in [0.15, 0.2) is 27.6 Å². The van der Waals surface area contributed by atoms with Crippen molar-refractivity contribution in [3.05, 3.63) is 22.7 Å². The molecule has 106 valence electrons. The molecule has 6 nitrogen and oxygen atoms in total. The topological polar surface area (TPSA) is 83.9 Å². The molecule has 1 aromatic carbocycles. The van der Waals surface area contributed by atoms with E-state index in [1.54, 1.807) is 6.07 Å². The van der Waals surface area contributed by atoms with Gasteiger partial charge in [-0.25, -0.2) is 12.7 Å². The van der Waals surface area contributed by atoms with Crippen LogP contribution in [0.25, 0.3) is 0 Å². The van der Waals surface area contributed by atoms with Crippen molar-refractivity contribution in [1.82, 2.24) is 4.31 Å². The van der Waals surface area contributed by atoms with Crippen molar-refractivity contribution in [3.63, 3.8) is 0 Å². The fraction of sp³-hybridized carbons (Fsp3) is 0.364. The summed E-state index contributed by atoms with van der Waals surface area (Å²) in [6.07, 6.45) is -0.258. The lowest BCUT2D eigenvalue weighted by atomic mass is 10.3. The van der Waals surface area contributed by atoms with Crippen molar-refractivity contribution in [3.8, 4) is 5.75 Å². The van der Waals surface area contributed by atoms with E-state index in [9.17, 15) is 13.2 Å². The van der Waals surface area contributed by atoms with Gasteiger partial charge in [-0.15, -0.1) is 0 Å². The first-order valence-corrected chi connectivity index (χ1v) is 7.54. The van der Waals surface area contributed by atoms with Crippen LogP contribution < -0.4 is 4.74 Å². The van der Waals surface area contributed by atoms with Gasteiger partial charge in [0.25, 0.3) is 0 Å². The maximum absolute atomic E-state index is 12.3. The highest BCUT2D eigenvalue weighted by molar-refractivity contribution is 9.10. The molecule has 1 rings (SSSR count). The average molecular weight is 352 g/mol. The molecule has 0 aliphatic carbocycles. The molecule has 0 aliphatic rings. The van der Waals surface area contributed by atoms with Crippen molar-refractivity contribution in [2.75, 3.05) is 20.7 Å². The number of hydrogen-bond donors (Lipinski definition) is 1. The van der Waals surface area contributed by atoms with E-state index in [1.807, 2.05) is 0 Å². The Hall–Kier alpha value is -1.12. The summed E-state index contributed by atoms with van der Waals surface area (Å²) in [6.45, 7) is -0.104. The van der Waals surface area contributed by atoms with E-state index in [2.05, 4.69) is 15.9 Å². The summed E-state index contributed by atoms with van der Waals surface area (Å²) in [4.78, 5) is 10.5. The number of carboxylic acid groups (broad SMARTS) is 1. The smallest absolute Gasteiger partial charge is 0.304 e. The van der Waals surface area contributed by atoms with Gasteiger partial charge in [0.2, 0.25) is 10.0 Å². The van der Waals surface area contributed by atoms with Crippen LogP contribution in [-0.2, 0) is 14.8 Å². The van der Waals surface area contributed by atoms with Crippen LogP contribution in [0.4, 0.5) is 0 Å². The normalized spacial score (nSPS) is 11.6. The molecular formula is C11H14BrNO5S. The van der Waals surface area contributed by atoms with Gasteiger partial charge in [-0.3, -0.25) is 4.79 Å². The highest BCUT2D eigenvalue weighted by atomic mass is 79.9. The molecule has 0 aromatic heterocycles. The molecule has 0 unspecified atom stereocenters. The van der Waals surface area contributed by atoms with Gasteiger partial charge in [-0.2, -0.15) is 0 Å². The van der Waals surface area contributed by atoms with Crippen LogP contribution >= 0.6 is 15.9 Å². The summed E-state index contributed by atoms with van der Waals surface area (Å²) >= 11 is 3.20. The first kappa shape index (κ1) is 15.9. The van der Waals surface area contributed by atoms with Crippen LogP contribution in [0.1, 0.15) is 6.42 Å². The number of carbonyl (C=O) groups is 1. The monoisotopic (exact) mass is 351 g/mol. The Balaban J connectivity index is 3.12. The van der Waals surface area contributed by atoms with Crippen LogP contribution in [0.3, 0.4) is 0 Å². The van der Waals surface area contributed by atoms with E-state index < -0.39 is 16.0 Å². The molecule has 0 spiro atoms. The minimum absolute atomic E-state index is 0.00253. The number of benzene rings is 1. The Bertz CT molecular complexity index is 572. The van der Waals surface area contributed by atoms with Crippen LogP contribution in [0.5, 0.6) is 5.75 Å². The number of sulfonamides is 1. The molecule has 0 saturated carbocycles. The van der Waals surface area contributed by atoms with Crippen LogP contribution in [0.2, 0.25) is 0 Å². The Morgan fingerprint density at radius 1 is 1.47 bits per heavy atom. The molecule has 0 amide bonds. The Morgan fingerprint density at radius 2 is 2.11 bits per heavy atom. The minimum Gasteiger partial charge on any atom is -0.495 e. The molecule has 0 aliphatic heterocycles. The Kier molecular flexibility index (Phi) is 5.33. The summed E-state index contributed by atoms with van der Waals surface area (Å²) in [5.74, 6) is -0.839. The Labute approximate surface area is 120 Å². The second-order valence-electron chi connectivity index (χ2n) is 3.77. The van der Waals surface area contributed by atoms with Crippen molar-refractivity contribution in [1.29, 1.82) is 0 Å². The average Bonchev–Trinajstić information content (AvgIpc) is 2.35. The lowest BCUT2D eigenvalue weighted by Crippen LogP contribution is -2.29. The Morgan fingerprint density at radius 3 is 2.63 bits per heavy atom. The van der Waals surface area contributed by atoms with E-state index in [4.69, 9.17) is 9.84 Å². The molecule has 0 heterocycles. The van der Waals surface area contributed by atoms with Crippen molar-refractivity contribution >= 4 is 31.9 Å². The number of aliphatic carboxylic acids is 1. The predicted molar refractivity (Wildman–Crippen MR) is 72.8 cm³/mol. The molecule has 1 aromatic rings. The van der Waals surface area contributed by atoms with Crippen molar-refractivity contribution < 1.29 is 23.1 Å². The fourth-order valence-corrected chi connectivity index (χ4v) is 3.25. The summed E-state index contributed by atoms with van der Waals surface area (Å²) in [5, 5.41) is 8.59. The SMILES string of the molecule is COc1ccc(Br)cc1S(=O)(=O)N(C)CCC(=O)O. The summed E-state index contributed by atoms with van der Waals surface area (Å²) < 4.78 is 31.2. The van der Waals surface area contributed by atoms with Gasteiger partial charge in [0.05, 0.1) is 13.5 Å². The molecule has 0 bridgehead atoms. The maximum atomic E-state index is 12.3. The van der Waals surface area contributed by atoms with E-state index in [1.165, 1.54) is 26.3 Å². The van der Waals surface area contributed by atoms with E-state index in [0.717, 1.165) is 4.31 Å². The summed E-state index contributed by atoms with van der Waals surface area (Å²) in [7, 11) is -1.08. The molecular weight excluding hydrogens is 338 g/mol. The molecule has 0 atom stereocenters. The highest BCUT2D eigenvalue weighted by Gasteiger charge is 2.25. The first-order chi connectivity index (χ1) is 8.78. The molecule has 19 heavy (non-hydrogen) atoms. The van der Waals surface area contributed by atoms with Crippen LogP contribution in [-0.4, -0.2) is 44.5 Å². The molecule has 1 N–H and O–H groups in total. The highest BCUT2D eigenvalue weighted by Crippen LogP contribution is 2.29. The standard InChI is InChI=1S/C11H14BrNO5S/c1-13(6-5-11(14)15)19(16,17)10-7-8(12)3-4-9(10)18-2/h3-4,7H,5-6H2,1-2H3,(H,14,15). The van der Waals surface area contributed by atoms with Gasteiger partial charge in [0, 0.05) is 18.1 Å². The number of rotatable bonds is 6. The number of hydrogen-bond acceptors (Lipinski definition) is 4. The largest absolute Gasteiger partial charge is 0.495 e. The molecule has 0 saturated heterocycles. The lowest BCUT2D eigenvalue weighted by molar-refractivity contribution is -0.137. The van der Waals surface area contributed by atoms with Gasteiger partial charge in [0.1, 0.15) is 10.6 Å². The van der Waals surface area contributed by atoms with Crippen molar-refractivity contribution in [2.45, 2.75) is 11.3 Å². The summed E-state index contributed by atoms with van der Waals surface area (Å²) in [5.41, 5.74) is 0. The molecule has 8 heteroatoms. The second-order valence-corrected chi connectivity index (χ2v) is 6.69. The quantitative estimate of drug-likeness (QED) is 0.840. The van der Waals surface area contributed by atoms with Gasteiger partial charge in [-0.1, -0.05) is 15.9 Å². The zero-order valence-corrected chi connectivity index (χ0v) is 12.9. The van der Waals surface area contributed by atoms with E-state index in [-0.39, 0.29) is 23.6 Å². The molecule has 0 radical (unpaired) electrons. The van der Waals surface area contributed by atoms with Gasteiger partial charge in [0.15, 0.2) is 0 Å². The van der Waals surface area contributed by atoms with E-state index >= 15 is 0 Å². The predicted octanol–water partition coefficient (Wildman–Crippen LogP) is 1.55. The zero-order valence-electron chi connectivity index (χ0n) is 10.5. The van der Waals surface area contributed by atoms with Crippen LogP contribution in [0, 0.1) is 0 Å².